The summed E-state index contributed by atoms with van der Waals surface area (Å²) in [6, 6.07) is 0. The first-order valence-electron chi connectivity index (χ1n) is 10.8. The van der Waals surface area contributed by atoms with Gasteiger partial charge < -0.3 is 15.0 Å². The highest BCUT2D eigenvalue weighted by Crippen LogP contribution is 2.27. The molecule has 1 aromatic rings. The van der Waals surface area contributed by atoms with Crippen molar-refractivity contribution in [3.63, 3.8) is 0 Å². The molecule has 3 rings (SSSR count). The van der Waals surface area contributed by atoms with Gasteiger partial charge in [-0.05, 0) is 64.2 Å². The molecule has 2 heterocycles. The number of aliphatic imine (C=N–C) groups is 1. The highest BCUT2D eigenvalue weighted by molar-refractivity contribution is 14.0. The zero-order valence-corrected chi connectivity index (χ0v) is 20.7. The SMILES string of the molecule is CCNC(=NCCCc1nc2c(s1)CCCC2)N(C)CCC1CCOCC1.I. The van der Waals surface area contributed by atoms with Crippen molar-refractivity contribution in [3.8, 4) is 0 Å². The van der Waals surface area contributed by atoms with Crippen molar-refractivity contribution in [3.05, 3.63) is 15.6 Å². The van der Waals surface area contributed by atoms with Gasteiger partial charge in [0.15, 0.2) is 5.96 Å². The first-order chi connectivity index (χ1) is 13.3. The third-order valence-corrected chi connectivity index (χ3v) is 6.83. The van der Waals surface area contributed by atoms with Crippen LogP contribution in [0.5, 0.6) is 0 Å². The number of aromatic nitrogens is 1. The fraction of sp³-hybridized carbons (Fsp3) is 0.810. The molecule has 1 aromatic heterocycles. The molecule has 1 fully saturated rings. The molecule has 0 radical (unpaired) electrons. The Labute approximate surface area is 191 Å². The van der Waals surface area contributed by atoms with Crippen LogP contribution < -0.4 is 5.32 Å². The molecule has 0 atom stereocenters. The van der Waals surface area contributed by atoms with Gasteiger partial charge in [-0.2, -0.15) is 0 Å². The molecular weight excluding hydrogens is 483 g/mol. The zero-order valence-electron chi connectivity index (χ0n) is 17.5. The highest BCUT2D eigenvalue weighted by atomic mass is 127. The largest absolute Gasteiger partial charge is 0.381 e. The normalized spacial score (nSPS) is 17.7. The quantitative estimate of drug-likeness (QED) is 0.241. The lowest BCUT2D eigenvalue weighted by Crippen LogP contribution is -2.40. The number of nitrogens with one attached hydrogen (secondary N) is 1. The second-order valence-corrected chi connectivity index (χ2v) is 8.96. The first-order valence-corrected chi connectivity index (χ1v) is 11.6. The van der Waals surface area contributed by atoms with Gasteiger partial charge in [0, 0.05) is 51.2 Å². The van der Waals surface area contributed by atoms with Crippen LogP contribution in [0.3, 0.4) is 0 Å². The van der Waals surface area contributed by atoms with E-state index in [1.54, 1.807) is 4.88 Å². The molecule has 1 saturated heterocycles. The summed E-state index contributed by atoms with van der Waals surface area (Å²) < 4.78 is 5.47. The molecule has 7 heteroatoms. The number of guanidine groups is 1. The first kappa shape index (κ1) is 23.9. The van der Waals surface area contributed by atoms with Gasteiger partial charge in [0.05, 0.1) is 10.7 Å². The number of ether oxygens (including phenoxy) is 1. The van der Waals surface area contributed by atoms with Gasteiger partial charge in [-0.15, -0.1) is 35.3 Å². The second kappa shape index (κ2) is 13.0. The number of fused-ring (bicyclic) bond motifs is 1. The molecule has 1 N–H and O–H groups in total. The number of nitrogens with zero attached hydrogens (tertiary/aromatic N) is 3. The average Bonchev–Trinajstić information content (AvgIpc) is 3.12. The Morgan fingerprint density at radius 3 is 2.82 bits per heavy atom. The van der Waals surface area contributed by atoms with Gasteiger partial charge >= 0.3 is 0 Å². The molecular formula is C21H37IN4OS. The fourth-order valence-corrected chi connectivity index (χ4v) is 5.11. The third kappa shape index (κ3) is 7.44. The van der Waals surface area contributed by atoms with Gasteiger partial charge in [0.1, 0.15) is 0 Å². The Balaban J connectivity index is 0.00000280. The number of hydrogen-bond donors (Lipinski definition) is 1. The second-order valence-electron chi connectivity index (χ2n) is 7.79. The number of halogens is 1. The predicted octanol–water partition coefficient (Wildman–Crippen LogP) is 4.29. The summed E-state index contributed by atoms with van der Waals surface area (Å²) in [7, 11) is 2.16. The molecule has 28 heavy (non-hydrogen) atoms. The summed E-state index contributed by atoms with van der Waals surface area (Å²) in [5.74, 6) is 1.85. The van der Waals surface area contributed by atoms with Crippen LogP contribution in [0.25, 0.3) is 0 Å². The standard InChI is InChI=1S/C21H36N4OS.HI/c1-3-22-21(25(2)14-10-17-11-15-26-16-12-17)23-13-6-9-20-24-18-7-4-5-8-19(18)27-20;/h17H,3-16H2,1-2H3,(H,22,23);1H. The van der Waals surface area contributed by atoms with E-state index in [1.165, 1.54) is 55.6 Å². The van der Waals surface area contributed by atoms with Crippen molar-refractivity contribution in [2.45, 2.75) is 64.7 Å². The van der Waals surface area contributed by atoms with Crippen LogP contribution in [0.2, 0.25) is 0 Å². The van der Waals surface area contributed by atoms with Crippen molar-refractivity contribution in [2.24, 2.45) is 10.9 Å². The van der Waals surface area contributed by atoms with Crippen molar-refractivity contribution < 1.29 is 4.74 Å². The summed E-state index contributed by atoms with van der Waals surface area (Å²) in [6.45, 7) is 6.86. The minimum absolute atomic E-state index is 0. The van der Waals surface area contributed by atoms with E-state index in [0.717, 1.165) is 57.6 Å². The van der Waals surface area contributed by atoms with E-state index < -0.39 is 0 Å². The monoisotopic (exact) mass is 520 g/mol. The highest BCUT2D eigenvalue weighted by Gasteiger charge is 2.16. The number of hydrogen-bond acceptors (Lipinski definition) is 4. The van der Waals surface area contributed by atoms with Crippen LogP contribution in [0.15, 0.2) is 4.99 Å². The smallest absolute Gasteiger partial charge is 0.193 e. The Hall–Kier alpha value is -0.410. The lowest BCUT2D eigenvalue weighted by Gasteiger charge is -2.26. The number of aryl methyl sites for hydroxylation is 3. The van der Waals surface area contributed by atoms with Gasteiger partial charge in [-0.25, -0.2) is 4.98 Å². The third-order valence-electron chi connectivity index (χ3n) is 5.61. The maximum absolute atomic E-state index is 5.47. The Morgan fingerprint density at radius 1 is 1.29 bits per heavy atom. The van der Waals surface area contributed by atoms with E-state index in [-0.39, 0.29) is 24.0 Å². The van der Waals surface area contributed by atoms with Crippen molar-refractivity contribution in [1.82, 2.24) is 15.2 Å². The van der Waals surface area contributed by atoms with Crippen LogP contribution in [0, 0.1) is 5.92 Å². The molecule has 2 aliphatic rings. The summed E-state index contributed by atoms with van der Waals surface area (Å²) in [6.07, 6.45) is 10.9. The molecule has 0 aromatic carbocycles. The molecule has 0 spiro atoms. The van der Waals surface area contributed by atoms with Crippen LogP contribution in [-0.2, 0) is 24.0 Å². The Kier molecular flexibility index (Phi) is 11.1. The van der Waals surface area contributed by atoms with E-state index in [1.807, 2.05) is 11.3 Å². The van der Waals surface area contributed by atoms with Crippen LogP contribution in [0.4, 0.5) is 0 Å². The van der Waals surface area contributed by atoms with Gasteiger partial charge in [0.25, 0.3) is 0 Å². The van der Waals surface area contributed by atoms with Crippen molar-refractivity contribution >= 4 is 41.3 Å². The molecule has 160 valence electrons. The van der Waals surface area contributed by atoms with Gasteiger partial charge in [0.2, 0.25) is 0 Å². The Morgan fingerprint density at radius 2 is 2.07 bits per heavy atom. The fourth-order valence-electron chi connectivity index (χ4n) is 3.91. The zero-order chi connectivity index (χ0) is 18.9. The average molecular weight is 521 g/mol. The minimum atomic E-state index is 0. The van der Waals surface area contributed by atoms with Crippen molar-refractivity contribution in [1.29, 1.82) is 0 Å². The number of rotatable bonds is 8. The minimum Gasteiger partial charge on any atom is -0.381 e. The molecule has 5 nitrogen and oxygen atoms in total. The lowest BCUT2D eigenvalue weighted by atomic mass is 9.96. The van der Waals surface area contributed by atoms with Crippen molar-refractivity contribution in [2.75, 3.05) is 39.9 Å². The van der Waals surface area contributed by atoms with Gasteiger partial charge in [-0.1, -0.05) is 0 Å². The van der Waals surface area contributed by atoms with E-state index in [4.69, 9.17) is 14.7 Å². The topological polar surface area (TPSA) is 49.8 Å². The maximum Gasteiger partial charge on any atom is 0.193 e. The van der Waals surface area contributed by atoms with E-state index in [2.05, 4.69) is 24.2 Å². The van der Waals surface area contributed by atoms with E-state index in [9.17, 15) is 0 Å². The van der Waals surface area contributed by atoms with Crippen LogP contribution in [0.1, 0.15) is 61.0 Å². The van der Waals surface area contributed by atoms with Crippen LogP contribution >= 0.6 is 35.3 Å². The van der Waals surface area contributed by atoms with Gasteiger partial charge in [-0.3, -0.25) is 4.99 Å². The molecule has 0 saturated carbocycles. The molecule has 1 aliphatic carbocycles. The summed E-state index contributed by atoms with van der Waals surface area (Å²) >= 11 is 1.94. The predicted molar refractivity (Wildman–Crippen MR) is 129 cm³/mol. The molecule has 0 bridgehead atoms. The molecule has 0 unspecified atom stereocenters. The van der Waals surface area contributed by atoms with E-state index >= 15 is 0 Å². The summed E-state index contributed by atoms with van der Waals surface area (Å²) in [5, 5.41) is 4.76. The Bertz CT molecular complexity index is 578. The summed E-state index contributed by atoms with van der Waals surface area (Å²) in [5.41, 5.74) is 1.38. The maximum atomic E-state index is 5.47. The molecule has 0 amide bonds. The van der Waals surface area contributed by atoms with Crippen LogP contribution in [-0.4, -0.2) is 55.7 Å². The van der Waals surface area contributed by atoms with E-state index in [0.29, 0.717) is 0 Å². The molecule has 1 aliphatic heterocycles. The lowest BCUT2D eigenvalue weighted by molar-refractivity contribution is 0.0625. The summed E-state index contributed by atoms with van der Waals surface area (Å²) in [4.78, 5) is 13.5. The number of thiazole rings is 1.